The van der Waals surface area contributed by atoms with E-state index >= 15 is 0 Å². The fourth-order valence-corrected chi connectivity index (χ4v) is 2.64. The first kappa shape index (κ1) is 15.1. The van der Waals surface area contributed by atoms with Crippen molar-refractivity contribution in [1.29, 1.82) is 0 Å². The van der Waals surface area contributed by atoms with Crippen molar-refractivity contribution in [2.24, 2.45) is 0 Å². The van der Waals surface area contributed by atoms with Crippen molar-refractivity contribution >= 4 is 33.7 Å². The Bertz CT molecular complexity index is 734. The van der Waals surface area contributed by atoms with E-state index in [-0.39, 0.29) is 41.1 Å². The number of rotatable bonds is 2. The molecular weight excluding hydrogens is 281 g/mol. The summed E-state index contributed by atoms with van der Waals surface area (Å²) in [6.45, 7) is 0. The average Bonchev–Trinajstić information content (AvgIpc) is 2.83. The van der Waals surface area contributed by atoms with Crippen LogP contribution in [-0.2, 0) is 0 Å². The van der Waals surface area contributed by atoms with Crippen molar-refractivity contribution in [3.63, 3.8) is 0 Å². The van der Waals surface area contributed by atoms with Gasteiger partial charge in [-0.05, 0) is 29.8 Å². The van der Waals surface area contributed by atoms with Crippen LogP contribution in [0.25, 0.3) is 22.4 Å². The van der Waals surface area contributed by atoms with Crippen LogP contribution in [0, 0.1) is 0 Å². The Morgan fingerprint density at radius 2 is 1.90 bits per heavy atom. The van der Waals surface area contributed by atoms with E-state index in [1.54, 1.807) is 17.4 Å². The SMILES string of the molecule is [Na+].[O-]c1ccc(/C=C/c2nc3ccccc3s2)cc1O. The van der Waals surface area contributed by atoms with Crippen LogP contribution < -0.4 is 34.7 Å². The molecule has 0 amide bonds. The molecule has 3 aromatic rings. The van der Waals surface area contributed by atoms with Gasteiger partial charge in [0.2, 0.25) is 0 Å². The van der Waals surface area contributed by atoms with Gasteiger partial charge in [0.05, 0.1) is 10.2 Å². The Balaban J connectivity index is 0.00000147. The number of phenols is 1. The van der Waals surface area contributed by atoms with Gasteiger partial charge < -0.3 is 10.2 Å². The largest absolute Gasteiger partial charge is 1.00 e. The van der Waals surface area contributed by atoms with Crippen molar-refractivity contribution < 1.29 is 39.8 Å². The zero-order chi connectivity index (χ0) is 13.2. The van der Waals surface area contributed by atoms with Gasteiger partial charge >= 0.3 is 29.6 Å². The predicted molar refractivity (Wildman–Crippen MR) is 76.1 cm³/mol. The molecule has 2 aromatic carbocycles. The average molecular weight is 291 g/mol. The molecule has 0 aliphatic carbocycles. The van der Waals surface area contributed by atoms with E-state index < -0.39 is 0 Å². The van der Waals surface area contributed by atoms with Gasteiger partial charge in [0.25, 0.3) is 0 Å². The third kappa shape index (κ3) is 3.22. The van der Waals surface area contributed by atoms with Crippen molar-refractivity contribution in [3.8, 4) is 11.5 Å². The molecule has 1 aromatic heterocycles. The molecule has 1 N–H and O–H groups in total. The van der Waals surface area contributed by atoms with Gasteiger partial charge in [-0.15, -0.1) is 11.3 Å². The number of hydrogen-bond acceptors (Lipinski definition) is 4. The summed E-state index contributed by atoms with van der Waals surface area (Å²) in [7, 11) is 0. The normalized spacial score (nSPS) is 10.8. The molecule has 0 atom stereocenters. The fourth-order valence-electron chi connectivity index (χ4n) is 1.77. The number of nitrogens with zero attached hydrogens (tertiary/aromatic N) is 1. The van der Waals surface area contributed by atoms with Crippen molar-refractivity contribution in [3.05, 3.63) is 53.0 Å². The quantitative estimate of drug-likeness (QED) is 0.689. The molecule has 0 radical (unpaired) electrons. The maximum atomic E-state index is 11.1. The van der Waals surface area contributed by atoms with Crippen LogP contribution >= 0.6 is 11.3 Å². The van der Waals surface area contributed by atoms with Crippen LogP contribution in [0.2, 0.25) is 0 Å². The molecule has 0 unspecified atom stereocenters. The Labute approximate surface area is 142 Å². The molecule has 5 heteroatoms. The van der Waals surface area contributed by atoms with E-state index in [1.807, 2.05) is 36.4 Å². The second kappa shape index (κ2) is 6.41. The minimum Gasteiger partial charge on any atom is -0.870 e. The number of benzene rings is 2. The summed E-state index contributed by atoms with van der Waals surface area (Å²) >= 11 is 1.60. The summed E-state index contributed by atoms with van der Waals surface area (Å²) in [5.74, 6) is -0.594. The van der Waals surface area contributed by atoms with E-state index in [2.05, 4.69) is 4.98 Å². The molecule has 0 saturated carbocycles. The van der Waals surface area contributed by atoms with Crippen LogP contribution in [0.4, 0.5) is 0 Å². The summed E-state index contributed by atoms with van der Waals surface area (Å²) in [5.41, 5.74) is 1.75. The molecule has 0 saturated heterocycles. The number of thiazole rings is 1. The van der Waals surface area contributed by atoms with Crippen molar-refractivity contribution in [2.45, 2.75) is 0 Å². The smallest absolute Gasteiger partial charge is 0.870 e. The minimum absolute atomic E-state index is 0. The molecule has 3 nitrogen and oxygen atoms in total. The fraction of sp³-hybridized carbons (Fsp3) is 0. The van der Waals surface area contributed by atoms with E-state index in [4.69, 9.17) is 0 Å². The number of aromatic nitrogens is 1. The maximum Gasteiger partial charge on any atom is 1.00 e. The first-order valence-corrected chi connectivity index (χ1v) is 6.58. The molecule has 1 heterocycles. The Kier molecular flexibility index (Phi) is 4.83. The Morgan fingerprint density at radius 3 is 2.65 bits per heavy atom. The number of aromatic hydroxyl groups is 1. The summed E-state index contributed by atoms with van der Waals surface area (Å²) < 4.78 is 1.14. The molecule has 94 valence electrons. The van der Waals surface area contributed by atoms with Gasteiger partial charge in [-0.25, -0.2) is 4.98 Å². The summed E-state index contributed by atoms with van der Waals surface area (Å²) in [6, 6.07) is 12.4. The van der Waals surface area contributed by atoms with E-state index in [9.17, 15) is 10.2 Å². The van der Waals surface area contributed by atoms with Crippen LogP contribution in [0.5, 0.6) is 11.5 Å². The van der Waals surface area contributed by atoms with E-state index in [0.29, 0.717) is 0 Å². The zero-order valence-electron chi connectivity index (χ0n) is 10.9. The second-order valence-electron chi connectivity index (χ2n) is 4.08. The minimum atomic E-state index is -0.364. The molecule has 0 spiro atoms. The van der Waals surface area contributed by atoms with Gasteiger partial charge in [-0.2, -0.15) is 0 Å². The second-order valence-corrected chi connectivity index (χ2v) is 5.14. The predicted octanol–water partition coefficient (Wildman–Crippen LogP) is 0.250. The molecule has 3 rings (SSSR count). The van der Waals surface area contributed by atoms with Gasteiger partial charge in [0, 0.05) is 0 Å². The zero-order valence-corrected chi connectivity index (χ0v) is 13.7. The first-order chi connectivity index (χ1) is 9.22. The molecule has 0 aliphatic heterocycles. The molecular formula is C15H10NNaO2S. The molecule has 0 fully saturated rings. The Morgan fingerprint density at radius 1 is 1.10 bits per heavy atom. The van der Waals surface area contributed by atoms with Crippen LogP contribution in [0.3, 0.4) is 0 Å². The molecule has 20 heavy (non-hydrogen) atoms. The number of phenolic OH excluding ortho intramolecular Hbond substituents is 1. The number of fused-ring (bicyclic) bond motifs is 1. The van der Waals surface area contributed by atoms with Gasteiger partial charge in [-0.3, -0.25) is 0 Å². The van der Waals surface area contributed by atoms with Crippen LogP contribution in [-0.4, -0.2) is 10.1 Å². The third-order valence-corrected chi connectivity index (χ3v) is 3.71. The Hall–Kier alpha value is -1.33. The van der Waals surface area contributed by atoms with E-state index in [0.717, 1.165) is 20.8 Å². The van der Waals surface area contributed by atoms with Crippen molar-refractivity contribution in [1.82, 2.24) is 4.98 Å². The van der Waals surface area contributed by atoms with Crippen LogP contribution in [0.15, 0.2) is 42.5 Å². The third-order valence-electron chi connectivity index (χ3n) is 2.71. The summed E-state index contributed by atoms with van der Waals surface area (Å²) in [5, 5.41) is 21.3. The standard InChI is InChI=1S/C15H11NO2S.Na/c17-12-7-5-10(9-13(12)18)6-8-15-16-11-3-1-2-4-14(11)19-15;/h1-9,17-18H;/q;+1/p-1/b8-6+;. The van der Waals surface area contributed by atoms with Gasteiger partial charge in [0.15, 0.2) is 0 Å². The summed E-state index contributed by atoms with van der Waals surface area (Å²) in [4.78, 5) is 4.48. The molecule has 0 bridgehead atoms. The first-order valence-electron chi connectivity index (χ1n) is 5.76. The maximum absolute atomic E-state index is 11.1. The monoisotopic (exact) mass is 291 g/mol. The van der Waals surface area contributed by atoms with Gasteiger partial charge in [0.1, 0.15) is 10.8 Å². The van der Waals surface area contributed by atoms with Crippen LogP contribution in [0.1, 0.15) is 10.6 Å². The molecule has 0 aliphatic rings. The number of hydrogen-bond donors (Lipinski definition) is 1. The van der Waals surface area contributed by atoms with E-state index in [1.165, 1.54) is 12.1 Å². The number of para-hydroxylation sites is 1. The van der Waals surface area contributed by atoms with Crippen molar-refractivity contribution in [2.75, 3.05) is 0 Å². The van der Waals surface area contributed by atoms with Gasteiger partial charge in [-0.1, -0.05) is 36.1 Å². The summed E-state index contributed by atoms with van der Waals surface area (Å²) in [6.07, 6.45) is 3.71. The topological polar surface area (TPSA) is 56.2 Å².